The molecule has 0 spiro atoms. The fraction of sp³-hybridized carbons (Fsp3) is 0.429. The van der Waals surface area contributed by atoms with Crippen molar-refractivity contribution in [2.75, 3.05) is 7.05 Å². The molecular weight excluding hydrogens is 309 g/mol. The minimum atomic E-state index is 0.410. The third-order valence-corrected chi connectivity index (χ3v) is 4.15. The lowest BCUT2D eigenvalue weighted by atomic mass is 10.0. The second-order valence-electron chi connectivity index (χ2n) is 3.78. The van der Waals surface area contributed by atoms with Gasteiger partial charge in [-0.25, -0.2) is 0 Å². The highest BCUT2D eigenvalue weighted by Crippen LogP contribution is 2.25. The van der Waals surface area contributed by atoms with Crippen LogP contribution in [0.1, 0.15) is 36.9 Å². The Kier molecular flexibility index (Phi) is 5.86. The molecule has 0 radical (unpaired) electrons. The Morgan fingerprint density at radius 1 is 1.44 bits per heavy atom. The Labute approximate surface area is 112 Å². The second-order valence-corrected chi connectivity index (χ2v) is 4.86. The number of benzene rings is 1. The van der Waals surface area contributed by atoms with Gasteiger partial charge in [-0.3, -0.25) is 0 Å². The molecule has 0 aliphatic rings. The Morgan fingerprint density at radius 2 is 2.19 bits per heavy atom. The summed E-state index contributed by atoms with van der Waals surface area (Å²) in [5.74, 6) is 6.07. The average molecular weight is 327 g/mol. The topological polar surface area (TPSA) is 12.0 Å². The normalized spacial score (nSPS) is 11.8. The largest absolute Gasteiger partial charge is 0.313 e. The summed E-state index contributed by atoms with van der Waals surface area (Å²) in [4.78, 5) is 0. The highest BCUT2D eigenvalue weighted by molar-refractivity contribution is 14.1. The molecule has 1 aromatic carbocycles. The van der Waals surface area contributed by atoms with E-state index >= 15 is 0 Å². The van der Waals surface area contributed by atoms with Gasteiger partial charge in [-0.05, 0) is 61.0 Å². The van der Waals surface area contributed by atoms with E-state index in [9.17, 15) is 0 Å². The maximum Gasteiger partial charge on any atom is 0.0337 e. The molecule has 1 rings (SSSR count). The lowest BCUT2D eigenvalue weighted by Crippen LogP contribution is -2.17. The van der Waals surface area contributed by atoms with Gasteiger partial charge in [0.25, 0.3) is 0 Å². The predicted octanol–water partition coefficient (Wildman–Crippen LogP) is 3.66. The molecule has 0 bridgehead atoms. The van der Waals surface area contributed by atoms with Crippen LogP contribution < -0.4 is 5.32 Å². The van der Waals surface area contributed by atoms with Crippen molar-refractivity contribution in [1.82, 2.24) is 5.32 Å². The summed E-state index contributed by atoms with van der Waals surface area (Å²) in [6.45, 7) is 4.05. The van der Waals surface area contributed by atoms with E-state index in [0.29, 0.717) is 6.04 Å². The SMILES string of the molecule is CC#CCCC(NC)c1cccc(C)c1I. The van der Waals surface area contributed by atoms with Crippen molar-refractivity contribution in [3.63, 3.8) is 0 Å². The molecule has 16 heavy (non-hydrogen) atoms. The lowest BCUT2D eigenvalue weighted by molar-refractivity contribution is 0.555. The number of hydrogen-bond donors (Lipinski definition) is 1. The van der Waals surface area contributed by atoms with Crippen LogP contribution in [0.5, 0.6) is 0 Å². The van der Waals surface area contributed by atoms with Crippen molar-refractivity contribution < 1.29 is 0 Å². The third kappa shape index (κ3) is 3.50. The first-order chi connectivity index (χ1) is 7.70. The van der Waals surface area contributed by atoms with Gasteiger partial charge in [-0.2, -0.15) is 0 Å². The molecule has 0 heterocycles. The standard InChI is InChI=1S/C14H18IN/c1-4-5-6-10-13(16-3)12-9-7-8-11(2)14(12)15/h7-9,13,16H,6,10H2,1-3H3. The van der Waals surface area contributed by atoms with Crippen LogP contribution in [0.15, 0.2) is 18.2 Å². The molecule has 1 atom stereocenters. The fourth-order valence-corrected chi connectivity index (χ4v) is 2.47. The zero-order valence-electron chi connectivity index (χ0n) is 10.1. The van der Waals surface area contributed by atoms with Crippen LogP contribution >= 0.6 is 22.6 Å². The zero-order valence-corrected chi connectivity index (χ0v) is 12.3. The van der Waals surface area contributed by atoms with E-state index in [1.54, 1.807) is 0 Å². The molecule has 0 saturated carbocycles. The van der Waals surface area contributed by atoms with Gasteiger partial charge in [0.2, 0.25) is 0 Å². The summed E-state index contributed by atoms with van der Waals surface area (Å²) >= 11 is 2.43. The van der Waals surface area contributed by atoms with Crippen molar-refractivity contribution in [3.8, 4) is 11.8 Å². The van der Waals surface area contributed by atoms with Crippen LogP contribution in [0.4, 0.5) is 0 Å². The van der Waals surface area contributed by atoms with Crippen molar-refractivity contribution >= 4 is 22.6 Å². The minimum Gasteiger partial charge on any atom is -0.313 e. The summed E-state index contributed by atoms with van der Waals surface area (Å²) in [6.07, 6.45) is 2.02. The Balaban J connectivity index is 2.85. The number of hydrogen-bond acceptors (Lipinski definition) is 1. The lowest BCUT2D eigenvalue weighted by Gasteiger charge is -2.18. The van der Waals surface area contributed by atoms with Gasteiger partial charge in [-0.15, -0.1) is 11.8 Å². The van der Waals surface area contributed by atoms with Crippen LogP contribution in [-0.4, -0.2) is 7.05 Å². The van der Waals surface area contributed by atoms with E-state index in [4.69, 9.17) is 0 Å². The molecule has 86 valence electrons. The van der Waals surface area contributed by atoms with Crippen molar-refractivity contribution in [1.29, 1.82) is 0 Å². The first kappa shape index (κ1) is 13.5. The van der Waals surface area contributed by atoms with Gasteiger partial charge < -0.3 is 5.32 Å². The van der Waals surface area contributed by atoms with E-state index in [1.165, 1.54) is 14.7 Å². The first-order valence-electron chi connectivity index (χ1n) is 5.52. The van der Waals surface area contributed by atoms with Crippen molar-refractivity contribution in [2.45, 2.75) is 32.7 Å². The Bertz CT molecular complexity index is 401. The summed E-state index contributed by atoms with van der Waals surface area (Å²) in [7, 11) is 2.02. The van der Waals surface area contributed by atoms with Gasteiger partial charge >= 0.3 is 0 Å². The smallest absolute Gasteiger partial charge is 0.0337 e. The van der Waals surface area contributed by atoms with Crippen LogP contribution in [0.25, 0.3) is 0 Å². The molecule has 2 heteroatoms. The maximum absolute atomic E-state index is 3.37. The van der Waals surface area contributed by atoms with Gasteiger partial charge in [0.05, 0.1) is 0 Å². The van der Waals surface area contributed by atoms with Gasteiger partial charge in [0.15, 0.2) is 0 Å². The van der Waals surface area contributed by atoms with Crippen LogP contribution in [0.2, 0.25) is 0 Å². The highest BCUT2D eigenvalue weighted by Gasteiger charge is 2.12. The zero-order chi connectivity index (χ0) is 12.0. The monoisotopic (exact) mass is 327 g/mol. The second kappa shape index (κ2) is 6.93. The molecule has 0 aliphatic carbocycles. The average Bonchev–Trinajstić information content (AvgIpc) is 2.29. The highest BCUT2D eigenvalue weighted by atomic mass is 127. The van der Waals surface area contributed by atoms with Crippen LogP contribution in [-0.2, 0) is 0 Å². The minimum absolute atomic E-state index is 0.410. The number of rotatable bonds is 4. The summed E-state index contributed by atoms with van der Waals surface area (Å²) in [6, 6.07) is 6.90. The van der Waals surface area contributed by atoms with Gasteiger partial charge in [-0.1, -0.05) is 18.2 Å². The summed E-state index contributed by atoms with van der Waals surface area (Å²) in [5.41, 5.74) is 2.74. The molecule has 0 saturated heterocycles. The Hall–Kier alpha value is -0.530. The van der Waals surface area contributed by atoms with Crippen LogP contribution in [0.3, 0.4) is 0 Å². The van der Waals surface area contributed by atoms with Crippen molar-refractivity contribution in [3.05, 3.63) is 32.9 Å². The van der Waals surface area contributed by atoms with Crippen molar-refractivity contribution in [2.24, 2.45) is 0 Å². The molecule has 0 fully saturated rings. The van der Waals surface area contributed by atoms with E-state index in [2.05, 4.69) is 64.9 Å². The summed E-state index contributed by atoms with van der Waals surface area (Å²) < 4.78 is 1.36. The molecular formula is C14H18IN. The fourth-order valence-electron chi connectivity index (χ4n) is 1.74. The van der Waals surface area contributed by atoms with E-state index in [1.807, 2.05) is 14.0 Å². The number of aryl methyl sites for hydroxylation is 1. The quantitative estimate of drug-likeness (QED) is 0.657. The molecule has 1 N–H and O–H groups in total. The molecule has 1 unspecified atom stereocenters. The molecule has 1 nitrogen and oxygen atoms in total. The molecule has 1 aromatic rings. The molecule has 0 amide bonds. The van der Waals surface area contributed by atoms with E-state index in [0.717, 1.165) is 12.8 Å². The molecule has 0 aliphatic heterocycles. The third-order valence-electron chi connectivity index (χ3n) is 2.68. The maximum atomic E-state index is 3.37. The predicted molar refractivity (Wildman–Crippen MR) is 78.4 cm³/mol. The Morgan fingerprint density at radius 3 is 2.81 bits per heavy atom. The first-order valence-corrected chi connectivity index (χ1v) is 6.60. The summed E-state index contributed by atoms with van der Waals surface area (Å²) in [5, 5.41) is 3.37. The van der Waals surface area contributed by atoms with Gasteiger partial charge in [0.1, 0.15) is 0 Å². The number of halogens is 1. The van der Waals surface area contributed by atoms with E-state index in [-0.39, 0.29) is 0 Å². The van der Waals surface area contributed by atoms with Gasteiger partial charge in [0, 0.05) is 16.0 Å². The van der Waals surface area contributed by atoms with E-state index < -0.39 is 0 Å². The molecule has 0 aromatic heterocycles. The number of nitrogens with one attached hydrogen (secondary N) is 1. The van der Waals surface area contributed by atoms with Crippen LogP contribution in [0, 0.1) is 22.3 Å².